The summed E-state index contributed by atoms with van der Waals surface area (Å²) in [7, 11) is -5.20. The zero-order valence-electron chi connectivity index (χ0n) is 4.18. The molecule has 7 heteroatoms. The molecular formula is C2H4F3NO2P-. The molecule has 3 nitrogen and oxygen atoms in total. The molecule has 0 bridgehead atoms. The summed E-state index contributed by atoms with van der Waals surface area (Å²) in [6, 6.07) is 0. The SMILES string of the molecule is O=P([O-])(F)NCC(F)F. The Hall–Kier alpha value is -0.0600. The highest BCUT2D eigenvalue weighted by molar-refractivity contribution is 7.48. The minimum Gasteiger partial charge on any atom is -0.763 e. The zero-order valence-corrected chi connectivity index (χ0v) is 5.08. The zero-order chi connectivity index (χ0) is 7.49. The summed E-state index contributed by atoms with van der Waals surface area (Å²) in [6.07, 6.45) is -2.86. The van der Waals surface area contributed by atoms with Crippen molar-refractivity contribution in [3.63, 3.8) is 0 Å². The Labute approximate surface area is 49.5 Å². The van der Waals surface area contributed by atoms with Crippen LogP contribution in [0, 0.1) is 0 Å². The van der Waals surface area contributed by atoms with E-state index in [1.54, 1.807) is 0 Å². The van der Waals surface area contributed by atoms with Crippen molar-refractivity contribution in [1.82, 2.24) is 5.09 Å². The van der Waals surface area contributed by atoms with Crippen LogP contribution in [-0.4, -0.2) is 13.0 Å². The molecule has 0 heterocycles. The minimum absolute atomic E-state index is 1.00. The van der Waals surface area contributed by atoms with Gasteiger partial charge >= 0.3 is 0 Å². The van der Waals surface area contributed by atoms with Gasteiger partial charge in [-0.3, -0.25) is 4.57 Å². The second kappa shape index (κ2) is 3.20. The molecule has 0 aromatic heterocycles. The predicted molar refractivity (Wildman–Crippen MR) is 22.7 cm³/mol. The maximum absolute atomic E-state index is 11.3. The van der Waals surface area contributed by atoms with Crippen LogP contribution < -0.4 is 9.98 Å². The van der Waals surface area contributed by atoms with Crippen molar-refractivity contribution in [2.75, 3.05) is 6.54 Å². The second-order valence-electron chi connectivity index (χ2n) is 1.23. The molecule has 1 unspecified atom stereocenters. The molecule has 0 aliphatic heterocycles. The van der Waals surface area contributed by atoms with Crippen molar-refractivity contribution < 1.29 is 22.4 Å². The first-order valence-electron chi connectivity index (χ1n) is 1.96. The molecule has 1 atom stereocenters. The van der Waals surface area contributed by atoms with Gasteiger partial charge in [0.15, 0.2) is 0 Å². The fraction of sp³-hybridized carbons (Fsp3) is 1.00. The van der Waals surface area contributed by atoms with Crippen LogP contribution in [0.5, 0.6) is 0 Å². The van der Waals surface area contributed by atoms with E-state index < -0.39 is 20.8 Å². The molecule has 0 radical (unpaired) electrons. The number of alkyl halides is 2. The van der Waals surface area contributed by atoms with Gasteiger partial charge in [0.1, 0.15) is 0 Å². The summed E-state index contributed by atoms with van der Waals surface area (Å²) >= 11 is 0. The summed E-state index contributed by atoms with van der Waals surface area (Å²) < 4.78 is 42.9. The van der Waals surface area contributed by atoms with Crippen LogP contribution in [0.25, 0.3) is 0 Å². The standard InChI is InChI=1S/C2H5F3NO2P/c3-2(4)1-6-9(5,7)8/h2H,1H2,(H2,6,7,8)/p-1. The topological polar surface area (TPSA) is 52.2 Å². The molecule has 0 rings (SSSR count). The van der Waals surface area contributed by atoms with E-state index in [-0.39, 0.29) is 0 Å². The highest BCUT2D eigenvalue weighted by atomic mass is 31.2. The molecule has 56 valence electrons. The van der Waals surface area contributed by atoms with Gasteiger partial charge in [-0.05, 0) is 0 Å². The van der Waals surface area contributed by atoms with E-state index in [4.69, 9.17) is 0 Å². The monoisotopic (exact) mass is 162 g/mol. The second-order valence-corrected chi connectivity index (χ2v) is 2.51. The predicted octanol–water partition coefficient (Wildman–Crippen LogP) is 0.279. The summed E-state index contributed by atoms with van der Waals surface area (Å²) in [5.41, 5.74) is 0. The molecule has 1 N–H and O–H groups in total. The smallest absolute Gasteiger partial charge is 0.251 e. The van der Waals surface area contributed by atoms with E-state index in [2.05, 4.69) is 0 Å². The lowest BCUT2D eigenvalue weighted by molar-refractivity contribution is -0.190. The fourth-order valence-corrected chi connectivity index (χ4v) is 0.534. The van der Waals surface area contributed by atoms with E-state index >= 15 is 0 Å². The Morgan fingerprint density at radius 1 is 1.67 bits per heavy atom. The van der Waals surface area contributed by atoms with E-state index in [0.717, 1.165) is 5.09 Å². The highest BCUT2D eigenvalue weighted by Gasteiger charge is 2.07. The largest absolute Gasteiger partial charge is 0.763 e. The van der Waals surface area contributed by atoms with Crippen molar-refractivity contribution in [3.05, 3.63) is 0 Å². The summed E-state index contributed by atoms with van der Waals surface area (Å²) in [5.74, 6) is 0. The summed E-state index contributed by atoms with van der Waals surface area (Å²) in [5, 5.41) is 1.00. The van der Waals surface area contributed by atoms with Crippen LogP contribution >= 0.6 is 7.83 Å². The quantitative estimate of drug-likeness (QED) is 0.606. The Morgan fingerprint density at radius 3 is 2.22 bits per heavy atom. The molecular weight excluding hydrogens is 158 g/mol. The van der Waals surface area contributed by atoms with Gasteiger partial charge in [0, 0.05) is 0 Å². The van der Waals surface area contributed by atoms with E-state index in [1.807, 2.05) is 0 Å². The summed E-state index contributed by atoms with van der Waals surface area (Å²) in [6.45, 7) is -1.17. The third kappa shape index (κ3) is 7.94. The minimum atomic E-state index is -5.20. The van der Waals surface area contributed by atoms with Gasteiger partial charge in [0.25, 0.3) is 6.43 Å². The lowest BCUT2D eigenvalue weighted by atomic mass is 10.7. The molecule has 0 saturated heterocycles. The number of hydrogen-bond acceptors (Lipinski definition) is 2. The molecule has 0 aromatic carbocycles. The first-order chi connectivity index (χ1) is 3.92. The van der Waals surface area contributed by atoms with Gasteiger partial charge in [-0.25, -0.2) is 13.9 Å². The van der Waals surface area contributed by atoms with Crippen LogP contribution in [0.1, 0.15) is 0 Å². The van der Waals surface area contributed by atoms with Crippen LogP contribution in [0.4, 0.5) is 13.0 Å². The highest BCUT2D eigenvalue weighted by Crippen LogP contribution is 2.30. The van der Waals surface area contributed by atoms with Crippen LogP contribution in [0.2, 0.25) is 0 Å². The average Bonchev–Trinajstić information content (AvgIpc) is 1.59. The van der Waals surface area contributed by atoms with Gasteiger partial charge in [0.2, 0.25) is 7.83 Å². The van der Waals surface area contributed by atoms with E-state index in [9.17, 15) is 22.4 Å². The lowest BCUT2D eigenvalue weighted by Crippen LogP contribution is -2.21. The molecule has 0 aliphatic carbocycles. The van der Waals surface area contributed by atoms with Crippen molar-refractivity contribution >= 4 is 7.83 Å². The Bertz CT molecular complexity index is 123. The van der Waals surface area contributed by atoms with Gasteiger partial charge in [-0.2, -0.15) is 4.20 Å². The molecule has 0 spiro atoms. The molecule has 0 aliphatic rings. The third-order valence-electron chi connectivity index (χ3n) is 0.434. The maximum atomic E-state index is 11.3. The average molecular weight is 162 g/mol. The Balaban J connectivity index is 3.40. The number of nitrogens with one attached hydrogen (secondary N) is 1. The van der Waals surface area contributed by atoms with Crippen LogP contribution in [0.15, 0.2) is 0 Å². The Morgan fingerprint density at radius 2 is 2.11 bits per heavy atom. The maximum Gasteiger partial charge on any atom is 0.251 e. The van der Waals surface area contributed by atoms with Gasteiger partial charge in [-0.1, -0.05) is 0 Å². The van der Waals surface area contributed by atoms with Crippen LogP contribution in [-0.2, 0) is 4.57 Å². The first kappa shape index (κ1) is 8.94. The number of hydrogen-bond donors (Lipinski definition) is 1. The molecule has 0 amide bonds. The first-order valence-corrected chi connectivity index (χ1v) is 3.47. The van der Waals surface area contributed by atoms with Gasteiger partial charge < -0.3 is 4.89 Å². The fourth-order valence-electron chi connectivity index (χ4n) is 0.178. The van der Waals surface area contributed by atoms with Crippen molar-refractivity contribution in [3.8, 4) is 0 Å². The van der Waals surface area contributed by atoms with E-state index in [1.165, 1.54) is 0 Å². The van der Waals surface area contributed by atoms with Crippen LogP contribution in [0.3, 0.4) is 0 Å². The van der Waals surface area contributed by atoms with Crippen molar-refractivity contribution in [1.29, 1.82) is 0 Å². The molecule has 0 fully saturated rings. The van der Waals surface area contributed by atoms with Gasteiger partial charge in [0.05, 0.1) is 6.54 Å². The van der Waals surface area contributed by atoms with Gasteiger partial charge in [-0.15, -0.1) is 0 Å². The Kier molecular flexibility index (Phi) is 3.17. The molecule has 9 heavy (non-hydrogen) atoms. The van der Waals surface area contributed by atoms with E-state index in [0.29, 0.717) is 0 Å². The molecule has 0 saturated carbocycles. The number of halogens is 3. The lowest BCUT2D eigenvalue weighted by Gasteiger charge is -2.12. The third-order valence-corrected chi connectivity index (χ3v) is 0.995. The number of rotatable bonds is 3. The molecule has 0 aromatic rings. The van der Waals surface area contributed by atoms with Crippen molar-refractivity contribution in [2.24, 2.45) is 0 Å². The van der Waals surface area contributed by atoms with Crippen molar-refractivity contribution in [2.45, 2.75) is 6.43 Å². The summed E-state index contributed by atoms with van der Waals surface area (Å²) in [4.78, 5) is 9.45. The normalized spacial score (nSPS) is 17.9.